The molecule has 4 N–H and O–H groups in total. The Hall–Kier alpha value is -6.24. The summed E-state index contributed by atoms with van der Waals surface area (Å²) in [4.78, 5) is 9.93. The highest BCUT2D eigenvalue weighted by Crippen LogP contribution is 2.42. The predicted molar refractivity (Wildman–Crippen MR) is 180 cm³/mol. The van der Waals surface area contributed by atoms with Crippen LogP contribution in [0.1, 0.15) is 24.7 Å². The van der Waals surface area contributed by atoms with Crippen LogP contribution in [0.5, 0.6) is 0 Å². The third kappa shape index (κ3) is 5.02. The highest BCUT2D eigenvalue weighted by Gasteiger charge is 2.16. The predicted octanol–water partition coefficient (Wildman–Crippen LogP) is 8.25. The molecule has 6 aromatic rings. The fraction of sp³-hybridized carbons (Fsp3) is 0.0526. The van der Waals surface area contributed by atoms with E-state index in [1.54, 1.807) is 19.1 Å². The van der Waals surface area contributed by atoms with Crippen LogP contribution in [0.25, 0.3) is 66.0 Å². The summed E-state index contributed by atoms with van der Waals surface area (Å²) < 4.78 is 0. The second-order valence-corrected chi connectivity index (χ2v) is 10.4. The largest absolute Gasteiger partial charge is 0.404 e. The van der Waals surface area contributed by atoms with E-state index in [2.05, 4.69) is 60.7 Å². The van der Waals surface area contributed by atoms with Crippen LogP contribution in [0.4, 0.5) is 0 Å². The maximum atomic E-state index is 9.26. The molecule has 0 aliphatic rings. The Balaban J connectivity index is 1.52. The summed E-state index contributed by atoms with van der Waals surface area (Å²) >= 11 is 0. The molecule has 210 valence electrons. The molecule has 6 rings (SSSR count). The number of hydrogen-bond acceptors (Lipinski definition) is 6. The van der Waals surface area contributed by atoms with E-state index in [-0.39, 0.29) is 0 Å². The van der Waals surface area contributed by atoms with Gasteiger partial charge in [-0.05, 0) is 69.6 Å². The topological polar surface area (TPSA) is 125 Å². The van der Waals surface area contributed by atoms with Crippen molar-refractivity contribution in [2.75, 3.05) is 0 Å². The summed E-state index contributed by atoms with van der Waals surface area (Å²) in [5, 5.41) is 25.0. The van der Waals surface area contributed by atoms with Crippen LogP contribution in [0, 0.1) is 22.7 Å². The Morgan fingerprint density at radius 1 is 0.705 bits per heavy atom. The summed E-state index contributed by atoms with van der Waals surface area (Å²) in [5.41, 5.74) is 19.0. The quantitative estimate of drug-likeness (QED) is 0.113. The molecule has 0 atom stereocenters. The van der Waals surface area contributed by atoms with Crippen LogP contribution in [0.15, 0.2) is 121 Å². The summed E-state index contributed by atoms with van der Waals surface area (Å²) in [6.07, 6.45) is 8.66. The number of aromatic nitrogens is 2. The molecular formula is C38H28N6. The molecule has 44 heavy (non-hydrogen) atoms. The molecule has 0 spiro atoms. The third-order valence-corrected chi connectivity index (χ3v) is 7.72. The number of pyridine rings is 2. The van der Waals surface area contributed by atoms with Gasteiger partial charge < -0.3 is 11.5 Å². The van der Waals surface area contributed by atoms with Crippen molar-refractivity contribution in [1.82, 2.24) is 9.97 Å². The Kier molecular flexibility index (Phi) is 7.57. The van der Waals surface area contributed by atoms with Crippen LogP contribution in [-0.4, -0.2) is 9.97 Å². The highest BCUT2D eigenvalue weighted by atomic mass is 14.7. The first-order chi connectivity index (χ1) is 21.6. The van der Waals surface area contributed by atoms with E-state index >= 15 is 0 Å². The summed E-state index contributed by atoms with van der Waals surface area (Å²) in [5.74, 6) is 0. The first-order valence-corrected chi connectivity index (χ1v) is 14.2. The molecule has 2 aromatic heterocycles. The maximum absolute atomic E-state index is 9.26. The maximum Gasteiger partial charge on any atom is 0.0944 e. The molecule has 0 aliphatic carbocycles. The molecule has 4 aromatic carbocycles. The van der Waals surface area contributed by atoms with Gasteiger partial charge in [0.15, 0.2) is 0 Å². The first kappa shape index (κ1) is 27.9. The average molecular weight is 569 g/mol. The Morgan fingerprint density at radius 2 is 1.23 bits per heavy atom. The zero-order valence-corrected chi connectivity index (χ0v) is 24.1. The van der Waals surface area contributed by atoms with Crippen molar-refractivity contribution in [3.05, 3.63) is 133 Å². The standard InChI is InChI=1S/C38H28N6/c1-24(21-40)20-28(23-42)34-8-5-10-36(44-34)30-16-12-26-13-17-31-29(15-11-25-14-18-32(30)38(26)37(25)31)35-9-4-7-33(43-35)27(22-41)6-2-3-19-39/h2,4-18,20,22-23H,3,41-42H2,1H3/b6-2-,24-20+,27-22+,28-23+. The summed E-state index contributed by atoms with van der Waals surface area (Å²) in [6.45, 7) is 1.75. The second-order valence-electron chi connectivity index (χ2n) is 10.4. The van der Waals surface area contributed by atoms with Crippen molar-refractivity contribution in [2.45, 2.75) is 13.3 Å². The second kappa shape index (κ2) is 11.9. The molecular weight excluding hydrogens is 540 g/mol. The smallest absolute Gasteiger partial charge is 0.0944 e. The first-order valence-electron chi connectivity index (χ1n) is 14.2. The monoisotopic (exact) mass is 568 g/mol. The Labute approximate surface area is 255 Å². The molecule has 6 nitrogen and oxygen atoms in total. The number of nitrogens with two attached hydrogens (primary N) is 2. The molecule has 2 heterocycles. The minimum absolute atomic E-state index is 0.302. The lowest BCUT2D eigenvalue weighted by atomic mass is 9.88. The third-order valence-electron chi connectivity index (χ3n) is 7.72. The van der Waals surface area contributed by atoms with E-state index in [1.807, 2.05) is 42.5 Å². The molecule has 0 saturated carbocycles. The van der Waals surface area contributed by atoms with E-state index in [1.165, 1.54) is 23.2 Å². The van der Waals surface area contributed by atoms with E-state index in [9.17, 15) is 5.26 Å². The molecule has 0 unspecified atom stereocenters. The van der Waals surface area contributed by atoms with Crippen molar-refractivity contribution < 1.29 is 0 Å². The minimum Gasteiger partial charge on any atom is -0.404 e. The lowest BCUT2D eigenvalue weighted by molar-refractivity contribution is 1.28. The van der Waals surface area contributed by atoms with Gasteiger partial charge in [0.2, 0.25) is 0 Å². The van der Waals surface area contributed by atoms with Gasteiger partial charge in [-0.15, -0.1) is 0 Å². The van der Waals surface area contributed by atoms with Gasteiger partial charge in [0.1, 0.15) is 0 Å². The zero-order valence-electron chi connectivity index (χ0n) is 24.1. The van der Waals surface area contributed by atoms with E-state index in [0.717, 1.165) is 55.3 Å². The van der Waals surface area contributed by atoms with Crippen molar-refractivity contribution in [3.8, 4) is 34.7 Å². The number of hydrogen-bond donors (Lipinski definition) is 2. The summed E-state index contributed by atoms with van der Waals surface area (Å²) in [6, 6.07) is 33.2. The molecule has 0 bridgehead atoms. The molecule has 0 radical (unpaired) electrons. The van der Waals surface area contributed by atoms with Crippen LogP contribution in [0.3, 0.4) is 0 Å². The van der Waals surface area contributed by atoms with E-state index in [0.29, 0.717) is 23.3 Å². The van der Waals surface area contributed by atoms with Gasteiger partial charge in [-0.2, -0.15) is 10.5 Å². The number of rotatable bonds is 7. The van der Waals surface area contributed by atoms with Crippen molar-refractivity contribution >= 4 is 43.5 Å². The highest BCUT2D eigenvalue weighted by molar-refractivity contribution is 6.27. The fourth-order valence-electron chi connectivity index (χ4n) is 5.68. The number of allylic oxidation sites excluding steroid dienone is 6. The lowest BCUT2D eigenvalue weighted by Crippen LogP contribution is -1.96. The fourth-order valence-corrected chi connectivity index (χ4v) is 5.68. The van der Waals surface area contributed by atoms with Gasteiger partial charge >= 0.3 is 0 Å². The van der Waals surface area contributed by atoms with Gasteiger partial charge in [0, 0.05) is 40.2 Å². The van der Waals surface area contributed by atoms with E-state index < -0.39 is 0 Å². The van der Waals surface area contributed by atoms with Crippen molar-refractivity contribution in [3.63, 3.8) is 0 Å². The number of nitrogens with zero attached hydrogens (tertiary/aromatic N) is 4. The number of benzene rings is 4. The van der Waals surface area contributed by atoms with Gasteiger partial charge in [0.25, 0.3) is 0 Å². The minimum atomic E-state index is 0.302. The van der Waals surface area contributed by atoms with Crippen LogP contribution in [-0.2, 0) is 0 Å². The normalized spacial score (nSPS) is 12.8. The van der Waals surface area contributed by atoms with Crippen molar-refractivity contribution in [2.24, 2.45) is 11.5 Å². The van der Waals surface area contributed by atoms with E-state index in [4.69, 9.17) is 26.7 Å². The molecule has 0 saturated heterocycles. The van der Waals surface area contributed by atoms with Gasteiger partial charge in [0.05, 0.1) is 41.3 Å². The molecule has 6 heteroatoms. The van der Waals surface area contributed by atoms with Gasteiger partial charge in [-0.25, -0.2) is 9.97 Å². The Bertz CT molecular complexity index is 2260. The average Bonchev–Trinajstić information content (AvgIpc) is 3.07. The van der Waals surface area contributed by atoms with Gasteiger partial charge in [-0.1, -0.05) is 72.8 Å². The van der Waals surface area contributed by atoms with Crippen LogP contribution in [0.2, 0.25) is 0 Å². The summed E-state index contributed by atoms with van der Waals surface area (Å²) in [7, 11) is 0. The zero-order chi connectivity index (χ0) is 30.6. The number of nitriles is 2. The molecule has 0 aliphatic heterocycles. The van der Waals surface area contributed by atoms with Gasteiger partial charge in [-0.3, -0.25) is 0 Å². The lowest BCUT2D eigenvalue weighted by Gasteiger charge is -2.16. The molecule has 0 amide bonds. The molecule has 0 fully saturated rings. The Morgan fingerprint density at radius 3 is 1.73 bits per heavy atom. The van der Waals surface area contributed by atoms with Crippen molar-refractivity contribution in [1.29, 1.82) is 10.5 Å². The van der Waals surface area contributed by atoms with Crippen LogP contribution < -0.4 is 11.5 Å². The van der Waals surface area contributed by atoms with Crippen LogP contribution >= 0.6 is 0 Å². The SMILES string of the molecule is C/C(C#N)=C\C(=C/N)c1cccc(-c2ccc3ccc4c(-c5cccc(C(/C=C\CC#N)=C/N)n5)ccc5ccc2c3c54)n1.